The number of benzene rings is 2. The highest BCUT2D eigenvalue weighted by Gasteiger charge is 2.35. The fourth-order valence-corrected chi connectivity index (χ4v) is 6.54. The van der Waals surface area contributed by atoms with E-state index in [2.05, 4.69) is 21.9 Å². The van der Waals surface area contributed by atoms with Gasteiger partial charge in [0.15, 0.2) is 0 Å². The zero-order chi connectivity index (χ0) is 27.2. The molecule has 7 heteroatoms. The molecule has 6 nitrogen and oxygen atoms in total. The van der Waals surface area contributed by atoms with Crippen LogP contribution in [0.2, 0.25) is 5.02 Å². The number of carbonyl (C=O) groups excluding carboxylic acids is 2. The first-order valence-corrected chi connectivity index (χ1v) is 15.2. The molecule has 2 amide bonds. The number of carbonyl (C=O) groups is 2. The van der Waals surface area contributed by atoms with Crippen molar-refractivity contribution in [2.75, 3.05) is 44.2 Å². The molecule has 1 saturated heterocycles. The second kappa shape index (κ2) is 13.2. The Balaban J connectivity index is 1.25. The van der Waals surface area contributed by atoms with E-state index in [1.807, 2.05) is 41.3 Å². The number of rotatable bonds is 11. The standard InChI is InChI=1S/C32H43ClN4O2/c33-27-15-12-24(13-16-27)14-17-30(38)36-20-18-35(19-21-36)29-9-5-4-8-28(29)31(32(34)39)37(23-26-10-11-26)22-25-6-2-1-3-7-25/h4-5,8-9,12-13,15-16,25-26,31H,1-3,6-7,10-11,14,17-23H2,(H2,34,39). The summed E-state index contributed by atoms with van der Waals surface area (Å²) in [6, 6.07) is 15.6. The average Bonchev–Trinajstić information content (AvgIpc) is 3.77. The number of primary amides is 1. The topological polar surface area (TPSA) is 69.9 Å². The van der Waals surface area contributed by atoms with Crippen LogP contribution in [0.15, 0.2) is 48.5 Å². The summed E-state index contributed by atoms with van der Waals surface area (Å²) < 4.78 is 0. The van der Waals surface area contributed by atoms with Gasteiger partial charge < -0.3 is 15.5 Å². The van der Waals surface area contributed by atoms with Gasteiger partial charge in [0.1, 0.15) is 6.04 Å². The molecule has 0 radical (unpaired) electrons. The van der Waals surface area contributed by atoms with E-state index >= 15 is 0 Å². The summed E-state index contributed by atoms with van der Waals surface area (Å²) in [5.41, 5.74) is 9.39. The van der Waals surface area contributed by atoms with E-state index in [0.29, 0.717) is 36.4 Å². The number of aryl methyl sites for hydroxylation is 1. The molecule has 3 fully saturated rings. The summed E-state index contributed by atoms with van der Waals surface area (Å²) in [5.74, 6) is 1.27. The van der Waals surface area contributed by atoms with Crippen molar-refractivity contribution in [3.63, 3.8) is 0 Å². The molecule has 39 heavy (non-hydrogen) atoms. The highest BCUT2D eigenvalue weighted by atomic mass is 35.5. The number of nitrogens with two attached hydrogens (primary N) is 1. The van der Waals surface area contributed by atoms with Gasteiger partial charge in [-0.2, -0.15) is 0 Å². The summed E-state index contributed by atoms with van der Waals surface area (Å²) >= 11 is 5.99. The van der Waals surface area contributed by atoms with Gasteiger partial charge in [0.05, 0.1) is 0 Å². The molecule has 1 atom stereocenters. The van der Waals surface area contributed by atoms with Crippen molar-refractivity contribution in [3.05, 3.63) is 64.7 Å². The van der Waals surface area contributed by atoms with E-state index in [0.717, 1.165) is 49.4 Å². The SMILES string of the molecule is NC(=O)C(c1ccccc1N1CCN(C(=O)CCc2ccc(Cl)cc2)CC1)N(CC1CCCCC1)CC1CC1. The van der Waals surface area contributed by atoms with Crippen LogP contribution in [0.4, 0.5) is 5.69 Å². The quantitative estimate of drug-likeness (QED) is 0.404. The number of piperazine rings is 1. The van der Waals surface area contributed by atoms with Crippen LogP contribution in [-0.4, -0.2) is 60.9 Å². The average molecular weight is 551 g/mol. The van der Waals surface area contributed by atoms with Crippen molar-refractivity contribution in [3.8, 4) is 0 Å². The maximum atomic E-state index is 13.1. The van der Waals surface area contributed by atoms with E-state index in [9.17, 15) is 9.59 Å². The first kappa shape index (κ1) is 28.0. The Morgan fingerprint density at radius 1 is 0.872 bits per heavy atom. The Kier molecular flexibility index (Phi) is 9.46. The minimum atomic E-state index is -0.414. The van der Waals surface area contributed by atoms with Gasteiger partial charge in [-0.25, -0.2) is 0 Å². The number of halogens is 1. The van der Waals surface area contributed by atoms with Crippen LogP contribution in [0, 0.1) is 11.8 Å². The molecular weight excluding hydrogens is 508 g/mol. The molecular formula is C32H43ClN4O2. The minimum Gasteiger partial charge on any atom is -0.368 e. The van der Waals surface area contributed by atoms with Gasteiger partial charge in [0.2, 0.25) is 11.8 Å². The van der Waals surface area contributed by atoms with Crippen LogP contribution in [0.1, 0.15) is 68.5 Å². The maximum absolute atomic E-state index is 13.1. The minimum absolute atomic E-state index is 0.191. The van der Waals surface area contributed by atoms with Crippen molar-refractivity contribution in [2.45, 2.75) is 63.8 Å². The van der Waals surface area contributed by atoms with Crippen LogP contribution in [-0.2, 0) is 16.0 Å². The smallest absolute Gasteiger partial charge is 0.239 e. The molecule has 210 valence electrons. The molecule has 3 aliphatic rings. The van der Waals surface area contributed by atoms with Gasteiger partial charge in [-0.15, -0.1) is 0 Å². The molecule has 2 aromatic rings. The van der Waals surface area contributed by atoms with Crippen LogP contribution in [0.3, 0.4) is 0 Å². The Hall–Kier alpha value is -2.57. The van der Waals surface area contributed by atoms with E-state index in [1.165, 1.54) is 44.9 Å². The lowest BCUT2D eigenvalue weighted by molar-refractivity contribution is -0.131. The zero-order valence-corrected chi connectivity index (χ0v) is 23.8. The molecule has 2 aromatic carbocycles. The maximum Gasteiger partial charge on any atom is 0.239 e. The van der Waals surface area contributed by atoms with E-state index < -0.39 is 6.04 Å². The molecule has 0 bridgehead atoms. The van der Waals surface area contributed by atoms with Gasteiger partial charge in [0, 0.05) is 62.0 Å². The number of hydrogen-bond acceptors (Lipinski definition) is 4. The van der Waals surface area contributed by atoms with Crippen LogP contribution in [0.25, 0.3) is 0 Å². The largest absolute Gasteiger partial charge is 0.368 e. The predicted molar refractivity (Wildman–Crippen MR) is 158 cm³/mol. The van der Waals surface area contributed by atoms with Gasteiger partial charge >= 0.3 is 0 Å². The zero-order valence-electron chi connectivity index (χ0n) is 23.1. The van der Waals surface area contributed by atoms with Crippen molar-refractivity contribution in [1.82, 2.24) is 9.80 Å². The second-order valence-corrected chi connectivity index (χ2v) is 12.2. The second-order valence-electron chi connectivity index (χ2n) is 11.8. The van der Waals surface area contributed by atoms with Crippen molar-refractivity contribution in [2.24, 2.45) is 17.6 Å². The van der Waals surface area contributed by atoms with Gasteiger partial charge in [-0.05, 0) is 67.7 Å². The number of para-hydroxylation sites is 1. The first-order chi connectivity index (χ1) is 19.0. The molecule has 1 heterocycles. The van der Waals surface area contributed by atoms with E-state index in [-0.39, 0.29) is 11.8 Å². The van der Waals surface area contributed by atoms with E-state index in [1.54, 1.807) is 0 Å². The molecule has 2 N–H and O–H groups in total. The fraction of sp³-hybridized carbons (Fsp3) is 0.562. The number of hydrogen-bond donors (Lipinski definition) is 1. The molecule has 2 aliphatic carbocycles. The van der Waals surface area contributed by atoms with Crippen molar-refractivity contribution >= 4 is 29.1 Å². The third-order valence-corrected chi connectivity index (χ3v) is 9.04. The number of nitrogens with zero attached hydrogens (tertiary/aromatic N) is 3. The Morgan fingerprint density at radius 2 is 1.51 bits per heavy atom. The summed E-state index contributed by atoms with van der Waals surface area (Å²) in [6.45, 7) is 4.77. The predicted octanol–water partition coefficient (Wildman–Crippen LogP) is 5.44. The Labute approximate surface area is 238 Å². The summed E-state index contributed by atoms with van der Waals surface area (Å²) in [5, 5.41) is 0.713. The summed E-state index contributed by atoms with van der Waals surface area (Å²) in [6.07, 6.45) is 10.1. The lowest BCUT2D eigenvalue weighted by Gasteiger charge is -2.39. The number of amides is 2. The lowest BCUT2D eigenvalue weighted by Crippen LogP contribution is -2.49. The third-order valence-electron chi connectivity index (χ3n) is 8.79. The molecule has 0 aromatic heterocycles. The van der Waals surface area contributed by atoms with Gasteiger partial charge in [0.25, 0.3) is 0 Å². The molecule has 2 saturated carbocycles. The summed E-state index contributed by atoms with van der Waals surface area (Å²) in [7, 11) is 0. The fourth-order valence-electron chi connectivity index (χ4n) is 6.41. The van der Waals surface area contributed by atoms with Crippen LogP contribution < -0.4 is 10.6 Å². The highest BCUT2D eigenvalue weighted by molar-refractivity contribution is 6.30. The monoisotopic (exact) mass is 550 g/mol. The highest BCUT2D eigenvalue weighted by Crippen LogP contribution is 2.37. The van der Waals surface area contributed by atoms with Crippen molar-refractivity contribution < 1.29 is 9.59 Å². The van der Waals surface area contributed by atoms with Crippen molar-refractivity contribution in [1.29, 1.82) is 0 Å². The Bertz CT molecular complexity index is 1110. The molecule has 0 spiro atoms. The van der Waals surface area contributed by atoms with Gasteiger partial charge in [-0.1, -0.05) is 61.2 Å². The number of anilines is 1. The molecule has 1 unspecified atom stereocenters. The Morgan fingerprint density at radius 3 is 2.15 bits per heavy atom. The summed E-state index contributed by atoms with van der Waals surface area (Å²) in [4.78, 5) is 32.7. The molecule has 5 rings (SSSR count). The van der Waals surface area contributed by atoms with Crippen LogP contribution in [0.5, 0.6) is 0 Å². The van der Waals surface area contributed by atoms with Crippen LogP contribution >= 0.6 is 11.6 Å². The lowest BCUT2D eigenvalue weighted by atomic mass is 9.88. The third kappa shape index (κ3) is 7.55. The first-order valence-electron chi connectivity index (χ1n) is 14.9. The molecule has 1 aliphatic heterocycles. The van der Waals surface area contributed by atoms with Gasteiger partial charge in [-0.3, -0.25) is 14.5 Å². The van der Waals surface area contributed by atoms with E-state index in [4.69, 9.17) is 17.3 Å². The normalized spacial score (nSPS) is 19.3.